The molecule has 0 aromatic carbocycles. The molecule has 0 aromatic rings. The maximum atomic E-state index is 11.8. The molecule has 108 valence electrons. The Kier molecular flexibility index (Phi) is 5.14. The zero-order valence-electron chi connectivity index (χ0n) is 11.4. The van der Waals surface area contributed by atoms with Gasteiger partial charge < -0.3 is 20.6 Å². The highest BCUT2D eigenvalue weighted by atomic mass is 16.4. The number of piperidine rings is 1. The van der Waals surface area contributed by atoms with E-state index in [0.29, 0.717) is 32.4 Å². The van der Waals surface area contributed by atoms with Crippen LogP contribution >= 0.6 is 0 Å². The zero-order valence-corrected chi connectivity index (χ0v) is 11.4. The Labute approximate surface area is 112 Å². The number of hydrogen-bond donors (Lipinski definition) is 3. The molecule has 3 amide bonds. The first-order chi connectivity index (χ1) is 8.95. The van der Waals surface area contributed by atoms with Crippen LogP contribution in [0.3, 0.4) is 0 Å². The number of urea groups is 1. The fourth-order valence-electron chi connectivity index (χ4n) is 2.21. The van der Waals surface area contributed by atoms with Crippen LogP contribution in [-0.4, -0.2) is 54.6 Å². The minimum absolute atomic E-state index is 0.0658. The normalized spacial score (nSPS) is 17.7. The van der Waals surface area contributed by atoms with Crippen molar-refractivity contribution in [1.82, 2.24) is 15.5 Å². The molecule has 7 nitrogen and oxygen atoms in total. The van der Waals surface area contributed by atoms with Gasteiger partial charge in [0, 0.05) is 20.1 Å². The highest BCUT2D eigenvalue weighted by molar-refractivity contribution is 5.84. The average molecular weight is 271 g/mol. The third-order valence-electron chi connectivity index (χ3n) is 3.82. The quantitative estimate of drug-likeness (QED) is 0.671. The molecule has 1 aliphatic rings. The third kappa shape index (κ3) is 3.59. The van der Waals surface area contributed by atoms with Crippen LogP contribution in [0.5, 0.6) is 0 Å². The van der Waals surface area contributed by atoms with E-state index in [9.17, 15) is 19.5 Å². The highest BCUT2D eigenvalue weighted by Gasteiger charge is 2.40. The summed E-state index contributed by atoms with van der Waals surface area (Å²) in [5, 5.41) is 14.2. The van der Waals surface area contributed by atoms with Crippen molar-refractivity contribution in [3.63, 3.8) is 0 Å². The van der Waals surface area contributed by atoms with E-state index in [4.69, 9.17) is 0 Å². The predicted octanol–water partition coefficient (Wildman–Crippen LogP) is 0.0188. The molecule has 1 rings (SSSR count). The van der Waals surface area contributed by atoms with E-state index in [1.807, 2.05) is 6.92 Å². The first kappa shape index (κ1) is 15.3. The number of rotatable bonds is 4. The van der Waals surface area contributed by atoms with Crippen molar-refractivity contribution in [3.8, 4) is 0 Å². The second-order valence-corrected chi connectivity index (χ2v) is 4.76. The number of hydrogen-bond acceptors (Lipinski definition) is 3. The minimum Gasteiger partial charge on any atom is -0.481 e. The summed E-state index contributed by atoms with van der Waals surface area (Å²) >= 11 is 0. The molecule has 1 fully saturated rings. The van der Waals surface area contributed by atoms with E-state index in [1.54, 1.807) is 4.90 Å². The summed E-state index contributed by atoms with van der Waals surface area (Å²) in [6, 6.07) is -0.321. The van der Waals surface area contributed by atoms with Crippen LogP contribution in [0.4, 0.5) is 4.79 Å². The maximum absolute atomic E-state index is 11.8. The lowest BCUT2D eigenvalue weighted by atomic mass is 9.76. The van der Waals surface area contributed by atoms with Gasteiger partial charge in [-0.1, -0.05) is 6.92 Å². The van der Waals surface area contributed by atoms with E-state index >= 15 is 0 Å². The number of carbonyl (C=O) groups excluding carboxylic acids is 2. The van der Waals surface area contributed by atoms with Crippen molar-refractivity contribution in [1.29, 1.82) is 0 Å². The Bertz CT molecular complexity index is 362. The summed E-state index contributed by atoms with van der Waals surface area (Å²) in [5.41, 5.74) is -0.711. The third-order valence-corrected chi connectivity index (χ3v) is 3.82. The van der Waals surface area contributed by atoms with Crippen LogP contribution in [-0.2, 0) is 9.59 Å². The van der Waals surface area contributed by atoms with Crippen molar-refractivity contribution >= 4 is 17.9 Å². The average Bonchev–Trinajstić information content (AvgIpc) is 2.44. The molecule has 0 unspecified atom stereocenters. The number of carboxylic acids is 1. The van der Waals surface area contributed by atoms with Crippen LogP contribution in [0.15, 0.2) is 0 Å². The molecular formula is C12H21N3O4. The lowest BCUT2D eigenvalue weighted by Gasteiger charge is -2.38. The summed E-state index contributed by atoms with van der Waals surface area (Å²) in [6.45, 7) is 2.60. The van der Waals surface area contributed by atoms with Gasteiger partial charge in [0.1, 0.15) is 0 Å². The molecule has 3 N–H and O–H groups in total. The first-order valence-corrected chi connectivity index (χ1v) is 6.42. The number of likely N-dealkylation sites (N-methyl/N-ethyl adjacent to an activating group) is 1. The summed E-state index contributed by atoms with van der Waals surface area (Å²) in [7, 11) is 1.50. The number of carboxylic acid groups (broad SMARTS) is 1. The first-order valence-electron chi connectivity index (χ1n) is 6.42. The van der Waals surface area contributed by atoms with Crippen molar-refractivity contribution in [3.05, 3.63) is 0 Å². The molecule has 0 saturated carbocycles. The van der Waals surface area contributed by atoms with Crippen molar-refractivity contribution < 1.29 is 19.5 Å². The molecule has 7 heteroatoms. The SMILES string of the molecule is CCC1(C(=O)O)CCN(C(=O)NCC(=O)NC)CC1. The van der Waals surface area contributed by atoms with Gasteiger partial charge in [0.05, 0.1) is 12.0 Å². The maximum Gasteiger partial charge on any atom is 0.317 e. The monoisotopic (exact) mass is 271 g/mol. The van der Waals surface area contributed by atoms with Crippen molar-refractivity contribution in [2.24, 2.45) is 5.41 Å². The number of amides is 3. The van der Waals surface area contributed by atoms with Crippen molar-refractivity contribution in [2.75, 3.05) is 26.7 Å². The summed E-state index contributed by atoms with van der Waals surface area (Å²) in [6.07, 6.45) is 1.47. The Balaban J connectivity index is 2.47. The smallest absolute Gasteiger partial charge is 0.317 e. The Morgan fingerprint density at radius 3 is 2.26 bits per heavy atom. The van der Waals surface area contributed by atoms with E-state index in [0.717, 1.165) is 0 Å². The van der Waals surface area contributed by atoms with Gasteiger partial charge in [-0.3, -0.25) is 9.59 Å². The molecule has 0 bridgehead atoms. The largest absolute Gasteiger partial charge is 0.481 e. The standard InChI is InChI=1S/C12H21N3O4/c1-3-12(10(17)18)4-6-15(7-5-12)11(19)14-8-9(16)13-2/h3-8H2,1-2H3,(H,13,16)(H,14,19)(H,17,18). The predicted molar refractivity (Wildman–Crippen MR) is 68.6 cm³/mol. The van der Waals surface area contributed by atoms with Crippen molar-refractivity contribution in [2.45, 2.75) is 26.2 Å². The molecule has 1 aliphatic heterocycles. The van der Waals surface area contributed by atoms with Gasteiger partial charge in [-0.15, -0.1) is 0 Å². The second-order valence-electron chi connectivity index (χ2n) is 4.76. The number of likely N-dealkylation sites (tertiary alicyclic amines) is 1. The Hall–Kier alpha value is -1.79. The van der Waals surface area contributed by atoms with Gasteiger partial charge in [-0.2, -0.15) is 0 Å². The van der Waals surface area contributed by atoms with Gasteiger partial charge >= 0.3 is 12.0 Å². The summed E-state index contributed by atoms with van der Waals surface area (Å²) < 4.78 is 0. The molecule has 1 saturated heterocycles. The van der Waals surface area contributed by atoms with Gasteiger partial charge in [0.15, 0.2) is 0 Å². The molecule has 1 heterocycles. The van der Waals surface area contributed by atoms with Crippen LogP contribution in [0.2, 0.25) is 0 Å². The molecule has 0 radical (unpaired) electrons. The van der Waals surface area contributed by atoms with Gasteiger partial charge in [0.25, 0.3) is 0 Å². The van der Waals surface area contributed by atoms with Crippen LogP contribution in [0.25, 0.3) is 0 Å². The van der Waals surface area contributed by atoms with Gasteiger partial charge in [0.2, 0.25) is 5.91 Å². The highest BCUT2D eigenvalue weighted by Crippen LogP contribution is 2.34. The molecular weight excluding hydrogens is 250 g/mol. The number of nitrogens with zero attached hydrogens (tertiary/aromatic N) is 1. The topological polar surface area (TPSA) is 98.7 Å². The fraction of sp³-hybridized carbons (Fsp3) is 0.750. The zero-order chi connectivity index (χ0) is 14.5. The summed E-state index contributed by atoms with van der Waals surface area (Å²) in [5.74, 6) is -1.06. The van der Waals surface area contributed by atoms with E-state index in [1.165, 1.54) is 7.05 Å². The van der Waals surface area contributed by atoms with Gasteiger partial charge in [-0.05, 0) is 19.3 Å². The molecule has 0 atom stereocenters. The Morgan fingerprint density at radius 2 is 1.84 bits per heavy atom. The molecule has 0 aliphatic carbocycles. The van der Waals surface area contributed by atoms with E-state index in [-0.39, 0.29) is 18.5 Å². The fourth-order valence-corrected chi connectivity index (χ4v) is 2.21. The lowest BCUT2D eigenvalue weighted by molar-refractivity contribution is -0.151. The lowest BCUT2D eigenvalue weighted by Crippen LogP contribution is -2.50. The Morgan fingerprint density at radius 1 is 1.26 bits per heavy atom. The molecule has 19 heavy (non-hydrogen) atoms. The van der Waals surface area contributed by atoms with Gasteiger partial charge in [-0.25, -0.2) is 4.79 Å². The van der Waals surface area contributed by atoms with Crippen LogP contribution in [0, 0.1) is 5.41 Å². The summed E-state index contributed by atoms with van der Waals surface area (Å²) in [4.78, 5) is 35.6. The van der Waals surface area contributed by atoms with Crippen LogP contribution in [0.1, 0.15) is 26.2 Å². The van der Waals surface area contributed by atoms with E-state index < -0.39 is 11.4 Å². The second kappa shape index (κ2) is 6.40. The molecule has 0 spiro atoms. The minimum atomic E-state index is -0.791. The van der Waals surface area contributed by atoms with Crippen LogP contribution < -0.4 is 10.6 Å². The van der Waals surface area contributed by atoms with E-state index in [2.05, 4.69) is 10.6 Å². The number of carbonyl (C=O) groups is 3. The number of aliphatic carboxylic acids is 1. The number of nitrogens with one attached hydrogen (secondary N) is 2. The molecule has 0 aromatic heterocycles.